The monoisotopic (exact) mass is 370 g/mol. The highest BCUT2D eigenvalue weighted by molar-refractivity contribution is 9.11. The van der Waals surface area contributed by atoms with Crippen LogP contribution in [-0.2, 0) is 0 Å². The second-order valence-corrected chi connectivity index (χ2v) is 4.86. The third kappa shape index (κ3) is 3.02. The maximum absolute atomic E-state index is 5.32. The van der Waals surface area contributed by atoms with Crippen LogP contribution in [0.1, 0.15) is 0 Å². The second kappa shape index (κ2) is 5.87. The van der Waals surface area contributed by atoms with Crippen LogP contribution in [0, 0.1) is 0 Å². The molecule has 3 aromatic rings. The largest absolute Gasteiger partial charge is 0.383 e. The Morgan fingerprint density at radius 3 is 2.44 bits per heavy atom. The predicted octanol–water partition coefficient (Wildman–Crippen LogP) is 2.31. The number of nitrogens with zero attached hydrogens (tertiary/aromatic N) is 5. The average molecular weight is 372 g/mol. The number of anilines is 1. The molecule has 0 bridgehead atoms. The van der Waals surface area contributed by atoms with Crippen molar-refractivity contribution in [3.63, 3.8) is 0 Å². The molecule has 0 saturated heterocycles. The number of fused-ring (bicyclic) bond motifs is 1. The Kier molecular flexibility index (Phi) is 4.21. The summed E-state index contributed by atoms with van der Waals surface area (Å²) in [5.41, 5.74) is 6.22. The number of rotatable bonds is 0. The molecule has 0 fully saturated rings. The van der Waals surface area contributed by atoms with Crippen LogP contribution in [0.2, 0.25) is 0 Å². The fourth-order valence-corrected chi connectivity index (χ4v) is 1.79. The van der Waals surface area contributed by atoms with Crippen LogP contribution in [0.5, 0.6) is 0 Å². The van der Waals surface area contributed by atoms with Crippen molar-refractivity contribution in [2.75, 3.05) is 5.73 Å². The quantitative estimate of drug-likeness (QED) is 0.655. The van der Waals surface area contributed by atoms with Crippen LogP contribution in [0.4, 0.5) is 5.82 Å². The van der Waals surface area contributed by atoms with Gasteiger partial charge in [-0.2, -0.15) is 0 Å². The first kappa shape index (κ1) is 12.9. The number of nitrogen functional groups attached to an aromatic ring is 1. The van der Waals surface area contributed by atoms with E-state index in [0.717, 1.165) is 14.6 Å². The van der Waals surface area contributed by atoms with Crippen molar-refractivity contribution in [1.29, 1.82) is 0 Å². The van der Waals surface area contributed by atoms with Gasteiger partial charge in [0.15, 0.2) is 5.65 Å². The van der Waals surface area contributed by atoms with Gasteiger partial charge < -0.3 is 5.73 Å². The molecule has 0 aliphatic heterocycles. The molecule has 3 heterocycles. The summed E-state index contributed by atoms with van der Waals surface area (Å²) in [5, 5.41) is 0. The minimum atomic E-state index is 0.472. The van der Waals surface area contributed by atoms with Gasteiger partial charge >= 0.3 is 0 Å². The van der Waals surface area contributed by atoms with Crippen LogP contribution in [-0.4, -0.2) is 24.3 Å². The van der Waals surface area contributed by atoms with E-state index in [9.17, 15) is 0 Å². The predicted molar refractivity (Wildman–Crippen MR) is 74.8 cm³/mol. The van der Waals surface area contributed by atoms with Gasteiger partial charge in [0.25, 0.3) is 0 Å². The fourth-order valence-electron chi connectivity index (χ4n) is 1.14. The van der Waals surface area contributed by atoms with E-state index in [0.29, 0.717) is 5.82 Å². The fraction of sp³-hybridized carbons (Fsp3) is 0. The van der Waals surface area contributed by atoms with Gasteiger partial charge in [-0.15, -0.1) is 0 Å². The van der Waals surface area contributed by atoms with Gasteiger partial charge in [-0.3, -0.25) is 4.40 Å². The first-order valence-electron chi connectivity index (χ1n) is 4.81. The number of hydrogen-bond acceptors (Lipinski definition) is 5. The number of imidazole rings is 1. The lowest BCUT2D eigenvalue weighted by molar-refractivity contribution is 1.08. The van der Waals surface area contributed by atoms with E-state index < -0.39 is 0 Å². The van der Waals surface area contributed by atoms with Crippen molar-refractivity contribution in [2.24, 2.45) is 0 Å². The Morgan fingerprint density at radius 1 is 1.06 bits per heavy atom. The highest BCUT2D eigenvalue weighted by Gasteiger charge is 1.96. The van der Waals surface area contributed by atoms with Crippen molar-refractivity contribution in [1.82, 2.24) is 24.3 Å². The Bertz CT molecular complexity index is 632. The molecule has 0 aliphatic rings. The van der Waals surface area contributed by atoms with Crippen molar-refractivity contribution in [2.45, 2.75) is 0 Å². The molecule has 0 saturated carbocycles. The van der Waals surface area contributed by atoms with Crippen LogP contribution in [0.3, 0.4) is 0 Å². The molecule has 0 amide bonds. The highest BCUT2D eigenvalue weighted by atomic mass is 79.9. The van der Waals surface area contributed by atoms with E-state index in [1.54, 1.807) is 24.9 Å². The molecule has 3 rings (SSSR count). The standard InChI is InChI=1S/C6H4BrN3.C4H4BrN3/c7-5-3-8-4-10-2-1-9-6(5)10;5-3-1-7-2-8-4(3)6/h1-4H;1-2H,(H2,6,7,8). The van der Waals surface area contributed by atoms with Gasteiger partial charge in [-0.1, -0.05) is 0 Å². The molecule has 0 aliphatic carbocycles. The Balaban J connectivity index is 0.000000138. The summed E-state index contributed by atoms with van der Waals surface area (Å²) in [5.74, 6) is 0.472. The third-order valence-corrected chi connectivity index (χ3v) is 3.13. The molecule has 2 N–H and O–H groups in total. The minimum absolute atomic E-state index is 0.472. The van der Waals surface area contributed by atoms with Crippen molar-refractivity contribution >= 4 is 43.3 Å². The minimum Gasteiger partial charge on any atom is -0.383 e. The van der Waals surface area contributed by atoms with E-state index >= 15 is 0 Å². The Hall–Kier alpha value is -1.54. The first-order valence-corrected chi connectivity index (χ1v) is 6.40. The van der Waals surface area contributed by atoms with Gasteiger partial charge in [0.1, 0.15) is 18.5 Å². The average Bonchev–Trinajstić information content (AvgIpc) is 2.84. The SMILES string of the molecule is Brc1cncn2ccnc12.Nc1ncncc1Br. The molecular formula is C10H8Br2N6. The van der Waals surface area contributed by atoms with E-state index in [2.05, 4.69) is 51.8 Å². The third-order valence-electron chi connectivity index (χ3n) is 1.96. The van der Waals surface area contributed by atoms with E-state index in [-0.39, 0.29) is 0 Å². The number of hydrogen-bond donors (Lipinski definition) is 1. The van der Waals surface area contributed by atoms with Gasteiger partial charge in [-0.05, 0) is 31.9 Å². The molecule has 92 valence electrons. The van der Waals surface area contributed by atoms with Gasteiger partial charge in [-0.25, -0.2) is 19.9 Å². The molecule has 18 heavy (non-hydrogen) atoms. The highest BCUT2D eigenvalue weighted by Crippen LogP contribution is 2.13. The normalized spacial score (nSPS) is 9.89. The molecule has 3 aromatic heterocycles. The zero-order valence-electron chi connectivity index (χ0n) is 9.03. The van der Waals surface area contributed by atoms with Crippen LogP contribution in [0.15, 0.2) is 46.4 Å². The lowest BCUT2D eigenvalue weighted by Gasteiger charge is -1.91. The van der Waals surface area contributed by atoms with Crippen LogP contribution < -0.4 is 5.73 Å². The first-order chi connectivity index (χ1) is 8.68. The number of nitrogens with two attached hydrogens (primary N) is 1. The number of halogens is 2. The van der Waals surface area contributed by atoms with E-state index in [4.69, 9.17) is 5.73 Å². The molecule has 0 aromatic carbocycles. The summed E-state index contributed by atoms with van der Waals surface area (Å²) in [4.78, 5) is 15.5. The Labute approximate surface area is 120 Å². The molecule has 0 unspecified atom stereocenters. The van der Waals surface area contributed by atoms with E-state index in [1.807, 2.05) is 10.6 Å². The molecule has 0 radical (unpaired) electrons. The molecular weight excluding hydrogens is 364 g/mol. The zero-order valence-corrected chi connectivity index (χ0v) is 12.2. The van der Waals surface area contributed by atoms with E-state index in [1.165, 1.54) is 6.33 Å². The van der Waals surface area contributed by atoms with Gasteiger partial charge in [0.05, 0.1) is 8.95 Å². The van der Waals surface area contributed by atoms with Crippen molar-refractivity contribution < 1.29 is 0 Å². The summed E-state index contributed by atoms with van der Waals surface area (Å²) >= 11 is 6.48. The van der Waals surface area contributed by atoms with Crippen LogP contribution >= 0.6 is 31.9 Å². The molecule has 8 heteroatoms. The smallest absolute Gasteiger partial charge is 0.153 e. The summed E-state index contributed by atoms with van der Waals surface area (Å²) in [6, 6.07) is 0. The summed E-state index contributed by atoms with van der Waals surface area (Å²) in [6.07, 6.45) is 10.0. The van der Waals surface area contributed by atoms with Crippen LogP contribution in [0.25, 0.3) is 5.65 Å². The number of aromatic nitrogens is 5. The summed E-state index contributed by atoms with van der Waals surface area (Å²) in [7, 11) is 0. The summed E-state index contributed by atoms with van der Waals surface area (Å²) in [6.45, 7) is 0. The van der Waals surface area contributed by atoms with Gasteiger partial charge in [0, 0.05) is 24.8 Å². The lowest BCUT2D eigenvalue weighted by atomic mass is 10.6. The lowest BCUT2D eigenvalue weighted by Crippen LogP contribution is -1.90. The maximum atomic E-state index is 5.32. The topological polar surface area (TPSA) is 82.0 Å². The maximum Gasteiger partial charge on any atom is 0.153 e. The molecule has 0 atom stereocenters. The zero-order chi connectivity index (χ0) is 13.0. The molecule has 6 nitrogen and oxygen atoms in total. The summed E-state index contributed by atoms with van der Waals surface area (Å²) < 4.78 is 3.50. The van der Waals surface area contributed by atoms with Crippen molar-refractivity contribution in [3.8, 4) is 0 Å². The van der Waals surface area contributed by atoms with Gasteiger partial charge in [0.2, 0.25) is 0 Å². The second-order valence-electron chi connectivity index (χ2n) is 3.16. The van der Waals surface area contributed by atoms with Crippen molar-refractivity contribution in [3.05, 3.63) is 46.4 Å². The molecule has 0 spiro atoms. The Morgan fingerprint density at radius 2 is 1.83 bits per heavy atom.